The Balaban J connectivity index is 1.64. The summed E-state index contributed by atoms with van der Waals surface area (Å²) in [6.45, 7) is 2.37. The third-order valence-corrected chi connectivity index (χ3v) is 7.74. The van der Waals surface area contributed by atoms with Gasteiger partial charge in [0.15, 0.2) is 11.5 Å². The van der Waals surface area contributed by atoms with Crippen molar-refractivity contribution in [3.8, 4) is 17.2 Å². The average Bonchev–Trinajstić information content (AvgIpc) is 3.76. The molecule has 0 radical (unpaired) electrons. The zero-order valence-corrected chi connectivity index (χ0v) is 24.7. The number of carbonyl (C=O) groups excluding carboxylic acids is 2. The molecule has 0 N–H and O–H groups in total. The van der Waals surface area contributed by atoms with Gasteiger partial charge in [-0.25, -0.2) is 0 Å². The number of nitrogens with zero attached hydrogens (tertiary/aromatic N) is 1. The molecule has 224 valence electrons. The van der Waals surface area contributed by atoms with Gasteiger partial charge in [-0.2, -0.15) is 8.78 Å². The smallest absolute Gasteiger partial charge is 0.387 e. The van der Waals surface area contributed by atoms with E-state index in [0.29, 0.717) is 40.1 Å². The van der Waals surface area contributed by atoms with Crippen LogP contribution in [0.5, 0.6) is 17.2 Å². The predicted octanol–water partition coefficient (Wildman–Crippen LogP) is 7.47. The molecule has 1 saturated carbocycles. The first-order valence-electron chi connectivity index (χ1n) is 13.3. The number of allylic oxidation sites excluding steroid dienone is 4. The van der Waals surface area contributed by atoms with Crippen LogP contribution < -0.4 is 19.1 Å². The zero-order valence-electron chi connectivity index (χ0n) is 23.2. The van der Waals surface area contributed by atoms with E-state index in [1.807, 2.05) is 0 Å². The van der Waals surface area contributed by atoms with E-state index in [0.717, 1.165) is 18.4 Å². The molecule has 2 aliphatic rings. The van der Waals surface area contributed by atoms with Crippen LogP contribution in [0.25, 0.3) is 0 Å². The van der Waals surface area contributed by atoms with E-state index in [1.54, 1.807) is 31.2 Å². The summed E-state index contributed by atoms with van der Waals surface area (Å²) in [5, 5.41) is 0.570. The van der Waals surface area contributed by atoms with Gasteiger partial charge in [-0.3, -0.25) is 9.59 Å². The molecule has 1 amide bonds. The fraction of sp³-hybridized carbons (Fsp3) is 0.355. The number of halogens is 4. The van der Waals surface area contributed by atoms with Gasteiger partial charge in [0.1, 0.15) is 18.4 Å². The van der Waals surface area contributed by atoms with Crippen molar-refractivity contribution in [3.05, 3.63) is 81.9 Å². The summed E-state index contributed by atoms with van der Waals surface area (Å²) < 4.78 is 47.9. The van der Waals surface area contributed by atoms with Crippen molar-refractivity contribution >= 4 is 40.8 Å². The zero-order chi connectivity index (χ0) is 30.4. The lowest BCUT2D eigenvalue weighted by Crippen LogP contribution is -2.34. The number of hydrogen-bond donors (Lipinski definition) is 0. The molecule has 0 spiro atoms. The molecule has 4 rings (SSSR count). The quantitative estimate of drug-likeness (QED) is 0.161. The maximum absolute atomic E-state index is 13.3. The third-order valence-electron chi connectivity index (χ3n) is 6.91. The molecule has 42 heavy (non-hydrogen) atoms. The highest BCUT2D eigenvalue weighted by Crippen LogP contribution is 2.39. The Labute approximate surface area is 253 Å². The molecule has 1 fully saturated rings. The summed E-state index contributed by atoms with van der Waals surface area (Å²) in [6.07, 6.45) is 4.21. The second kappa shape index (κ2) is 14.1. The van der Waals surface area contributed by atoms with Gasteiger partial charge in [0.25, 0.3) is 0 Å². The van der Waals surface area contributed by atoms with Crippen LogP contribution in [0.4, 0.5) is 14.5 Å². The molecular formula is C31H31Cl2F2NO6. The number of methoxy groups -OCH3 is 1. The SMILES string of the molecule is C=C/C(Cl)=C(C[C@H](OC(=O)CN1C(=O)Cc2cc(OC)ccc21)c1ccc(OC(F)F)c(OCC2CC2)c1)\C(Cl)=C/C. The van der Waals surface area contributed by atoms with Gasteiger partial charge in [0.2, 0.25) is 5.91 Å². The minimum absolute atomic E-state index is 0.0264. The van der Waals surface area contributed by atoms with Gasteiger partial charge >= 0.3 is 12.6 Å². The molecule has 7 nitrogen and oxygen atoms in total. The van der Waals surface area contributed by atoms with Gasteiger partial charge in [0.05, 0.1) is 20.1 Å². The highest BCUT2D eigenvalue weighted by atomic mass is 35.5. The number of benzene rings is 2. The van der Waals surface area contributed by atoms with E-state index in [-0.39, 0.29) is 41.8 Å². The molecule has 1 aliphatic carbocycles. The van der Waals surface area contributed by atoms with Crippen LogP contribution in [0.1, 0.15) is 43.4 Å². The van der Waals surface area contributed by atoms with E-state index in [1.165, 1.54) is 36.3 Å². The Morgan fingerprint density at radius 1 is 1.17 bits per heavy atom. The Bertz CT molecular complexity index is 1410. The van der Waals surface area contributed by atoms with E-state index in [4.69, 9.17) is 37.4 Å². The molecule has 0 bridgehead atoms. The minimum atomic E-state index is -3.05. The largest absolute Gasteiger partial charge is 0.497 e. The second-order valence-electron chi connectivity index (χ2n) is 9.84. The number of amides is 1. The lowest BCUT2D eigenvalue weighted by molar-refractivity contribution is -0.148. The van der Waals surface area contributed by atoms with Crippen molar-refractivity contribution < 1.29 is 37.3 Å². The number of hydrogen-bond acceptors (Lipinski definition) is 6. The Hall–Kier alpha value is -3.56. The van der Waals surface area contributed by atoms with Crippen molar-refractivity contribution in [2.75, 3.05) is 25.2 Å². The van der Waals surface area contributed by atoms with Crippen LogP contribution in [0.2, 0.25) is 0 Å². The van der Waals surface area contributed by atoms with Gasteiger partial charge in [-0.15, -0.1) is 0 Å². The van der Waals surface area contributed by atoms with Crippen LogP contribution in [0.3, 0.4) is 0 Å². The van der Waals surface area contributed by atoms with Crippen LogP contribution >= 0.6 is 23.2 Å². The lowest BCUT2D eigenvalue weighted by Gasteiger charge is -2.24. The second-order valence-corrected chi connectivity index (χ2v) is 10.7. The maximum Gasteiger partial charge on any atom is 0.387 e. The molecule has 1 heterocycles. The summed E-state index contributed by atoms with van der Waals surface area (Å²) in [4.78, 5) is 27.5. The number of rotatable bonds is 14. The summed E-state index contributed by atoms with van der Waals surface area (Å²) in [7, 11) is 1.53. The van der Waals surface area contributed by atoms with Crippen LogP contribution in [0, 0.1) is 5.92 Å². The Morgan fingerprint density at radius 3 is 2.57 bits per heavy atom. The summed E-state index contributed by atoms with van der Waals surface area (Å²) >= 11 is 12.9. The van der Waals surface area contributed by atoms with Crippen molar-refractivity contribution in [1.29, 1.82) is 0 Å². The summed E-state index contributed by atoms with van der Waals surface area (Å²) in [5.74, 6) is -0.0584. The molecular weight excluding hydrogens is 591 g/mol. The van der Waals surface area contributed by atoms with Crippen LogP contribution in [0.15, 0.2) is 70.8 Å². The van der Waals surface area contributed by atoms with Crippen LogP contribution in [-0.2, 0) is 20.7 Å². The fourth-order valence-electron chi connectivity index (χ4n) is 4.53. The number of ether oxygens (including phenoxy) is 4. The first-order chi connectivity index (χ1) is 20.1. The summed E-state index contributed by atoms with van der Waals surface area (Å²) in [5.41, 5.74) is 2.21. The third kappa shape index (κ3) is 7.83. The standard InChI is InChI=1S/C31H31Cl2F2NO6/c1-4-23(32)22(24(33)5-2)15-27(19-8-11-26(42-31(34)35)28(13-19)40-17-18-6-7-18)41-30(38)16-36-25-10-9-21(39-3)12-20(25)14-29(36)37/h4-5,8-13,18,27,31H,1,6-7,14-17H2,2-3H3/b23-22+,24-5+/t27-/m0/s1. The molecule has 0 saturated heterocycles. The van der Waals surface area contributed by atoms with E-state index >= 15 is 0 Å². The molecule has 0 unspecified atom stereocenters. The van der Waals surface area contributed by atoms with E-state index < -0.39 is 18.7 Å². The average molecular weight is 622 g/mol. The van der Waals surface area contributed by atoms with Gasteiger partial charge < -0.3 is 23.8 Å². The highest BCUT2D eigenvalue weighted by molar-refractivity contribution is 6.36. The first-order valence-corrected chi connectivity index (χ1v) is 14.1. The van der Waals surface area contributed by atoms with E-state index in [9.17, 15) is 18.4 Å². The predicted molar refractivity (Wildman–Crippen MR) is 156 cm³/mol. The summed E-state index contributed by atoms with van der Waals surface area (Å²) in [6, 6.07) is 9.52. The number of alkyl halides is 2. The van der Waals surface area contributed by atoms with Crippen molar-refractivity contribution in [2.45, 2.75) is 45.3 Å². The van der Waals surface area contributed by atoms with Gasteiger partial charge in [0, 0.05) is 22.2 Å². The monoisotopic (exact) mass is 621 g/mol. The normalized spacial score (nSPS) is 16.1. The number of esters is 1. The molecule has 2 aromatic carbocycles. The minimum Gasteiger partial charge on any atom is -0.497 e. The Kier molecular flexibility index (Phi) is 10.5. The first kappa shape index (κ1) is 31.4. The molecule has 0 aromatic heterocycles. The van der Waals surface area contributed by atoms with Crippen molar-refractivity contribution in [3.63, 3.8) is 0 Å². The lowest BCUT2D eigenvalue weighted by atomic mass is 9.99. The van der Waals surface area contributed by atoms with Gasteiger partial charge in [-0.05, 0) is 72.7 Å². The highest BCUT2D eigenvalue weighted by Gasteiger charge is 2.31. The Morgan fingerprint density at radius 2 is 1.93 bits per heavy atom. The maximum atomic E-state index is 13.3. The molecule has 2 aromatic rings. The molecule has 11 heteroatoms. The topological polar surface area (TPSA) is 74.3 Å². The molecule has 1 aliphatic heterocycles. The van der Waals surface area contributed by atoms with Crippen LogP contribution in [-0.4, -0.2) is 38.7 Å². The molecule has 1 atom stereocenters. The van der Waals surface area contributed by atoms with E-state index in [2.05, 4.69) is 11.3 Å². The van der Waals surface area contributed by atoms with Crippen molar-refractivity contribution in [1.82, 2.24) is 0 Å². The fourth-order valence-corrected chi connectivity index (χ4v) is 4.93. The number of anilines is 1. The van der Waals surface area contributed by atoms with Crippen molar-refractivity contribution in [2.24, 2.45) is 5.92 Å². The van der Waals surface area contributed by atoms with Gasteiger partial charge in [-0.1, -0.05) is 48.0 Å². The number of fused-ring (bicyclic) bond motifs is 1. The number of carbonyl (C=O) groups is 2.